The van der Waals surface area contributed by atoms with Gasteiger partial charge in [-0.25, -0.2) is 4.79 Å². The van der Waals surface area contributed by atoms with E-state index in [0.717, 1.165) is 0 Å². The monoisotopic (exact) mass is 292 g/mol. The topological polar surface area (TPSA) is 91.4 Å². The van der Waals surface area contributed by atoms with Crippen LogP contribution in [0.3, 0.4) is 0 Å². The second-order valence-electron chi connectivity index (χ2n) is 6.15. The van der Waals surface area contributed by atoms with E-state index in [4.69, 9.17) is 15.9 Å². The van der Waals surface area contributed by atoms with Gasteiger partial charge in [0.15, 0.2) is 0 Å². The number of likely N-dealkylation sites (N-methyl/N-ethyl adjacent to an activating group) is 1. The molecule has 0 unspecified atom stereocenters. The van der Waals surface area contributed by atoms with Gasteiger partial charge in [-0.2, -0.15) is 0 Å². The molecule has 4 N–H and O–H groups in total. The van der Waals surface area contributed by atoms with Gasteiger partial charge in [-0.3, -0.25) is 5.32 Å². The van der Waals surface area contributed by atoms with Crippen LogP contribution in [0.5, 0.6) is 0 Å². The molecule has 0 aliphatic heterocycles. The number of nitrogens with two attached hydrogens (primary N) is 1. The summed E-state index contributed by atoms with van der Waals surface area (Å²) in [4.78, 5) is 13.8. The Morgan fingerprint density at radius 2 is 2.00 bits per heavy atom. The van der Waals surface area contributed by atoms with Gasteiger partial charge < -0.3 is 20.8 Å². The SMILES string of the molecule is CN(C)CC(=N)c1ccc(N)cc1NC(=O)OC(C)(C)C. The first-order valence-corrected chi connectivity index (χ1v) is 6.70. The molecule has 0 heterocycles. The van der Waals surface area contributed by atoms with E-state index in [2.05, 4.69) is 5.32 Å². The van der Waals surface area contributed by atoms with Gasteiger partial charge in [-0.15, -0.1) is 0 Å². The number of nitrogens with one attached hydrogen (secondary N) is 2. The van der Waals surface area contributed by atoms with Gasteiger partial charge in [0.1, 0.15) is 5.60 Å². The maximum absolute atomic E-state index is 11.9. The average molecular weight is 292 g/mol. The van der Waals surface area contributed by atoms with E-state index in [-0.39, 0.29) is 0 Å². The summed E-state index contributed by atoms with van der Waals surface area (Å²) in [5.41, 5.74) is 7.20. The molecule has 0 bridgehead atoms. The third-order valence-corrected chi connectivity index (χ3v) is 2.48. The van der Waals surface area contributed by atoms with Gasteiger partial charge in [-0.05, 0) is 53.1 Å². The van der Waals surface area contributed by atoms with Crippen LogP contribution in [-0.2, 0) is 4.74 Å². The summed E-state index contributed by atoms with van der Waals surface area (Å²) in [6.07, 6.45) is -0.563. The van der Waals surface area contributed by atoms with Crippen LogP contribution in [-0.4, -0.2) is 42.9 Å². The molecule has 0 saturated carbocycles. The molecular weight excluding hydrogens is 268 g/mol. The Balaban J connectivity index is 2.97. The van der Waals surface area contributed by atoms with Crippen molar-refractivity contribution in [3.05, 3.63) is 23.8 Å². The molecule has 1 aromatic carbocycles. The molecule has 0 spiro atoms. The highest BCUT2D eigenvalue weighted by molar-refractivity contribution is 6.07. The number of amides is 1. The van der Waals surface area contributed by atoms with Crippen LogP contribution in [0.1, 0.15) is 26.3 Å². The third-order valence-electron chi connectivity index (χ3n) is 2.48. The molecule has 1 rings (SSSR count). The molecule has 0 atom stereocenters. The summed E-state index contributed by atoms with van der Waals surface area (Å²) in [6.45, 7) is 5.84. The van der Waals surface area contributed by atoms with Crippen LogP contribution in [0, 0.1) is 5.41 Å². The first-order chi connectivity index (χ1) is 9.58. The van der Waals surface area contributed by atoms with Crippen molar-refractivity contribution in [2.45, 2.75) is 26.4 Å². The second-order valence-corrected chi connectivity index (χ2v) is 6.15. The van der Waals surface area contributed by atoms with E-state index in [1.807, 2.05) is 19.0 Å². The summed E-state index contributed by atoms with van der Waals surface area (Å²) < 4.78 is 5.23. The van der Waals surface area contributed by atoms with Crippen LogP contribution in [0.2, 0.25) is 0 Å². The zero-order valence-corrected chi connectivity index (χ0v) is 13.3. The number of anilines is 2. The Hall–Kier alpha value is -2.08. The summed E-state index contributed by atoms with van der Waals surface area (Å²) in [5.74, 6) is 0. The Morgan fingerprint density at radius 3 is 2.52 bits per heavy atom. The lowest BCUT2D eigenvalue weighted by atomic mass is 10.1. The number of hydrogen-bond acceptors (Lipinski definition) is 5. The number of hydrogen-bond donors (Lipinski definition) is 3. The second kappa shape index (κ2) is 6.58. The van der Waals surface area contributed by atoms with Crippen molar-refractivity contribution < 1.29 is 9.53 Å². The summed E-state index contributed by atoms with van der Waals surface area (Å²) in [7, 11) is 3.76. The maximum atomic E-state index is 11.9. The molecule has 0 aliphatic carbocycles. The molecule has 0 radical (unpaired) electrons. The first-order valence-electron chi connectivity index (χ1n) is 6.70. The van der Waals surface area contributed by atoms with Gasteiger partial charge in [0.25, 0.3) is 0 Å². The van der Waals surface area contributed by atoms with Crippen LogP contribution < -0.4 is 11.1 Å². The highest BCUT2D eigenvalue weighted by atomic mass is 16.6. The highest BCUT2D eigenvalue weighted by Crippen LogP contribution is 2.21. The largest absolute Gasteiger partial charge is 0.444 e. The quantitative estimate of drug-likeness (QED) is 0.587. The van der Waals surface area contributed by atoms with Crippen molar-refractivity contribution in [3.63, 3.8) is 0 Å². The minimum atomic E-state index is -0.582. The number of nitrogens with zero attached hydrogens (tertiary/aromatic N) is 1. The van der Waals surface area contributed by atoms with Gasteiger partial charge in [0.2, 0.25) is 0 Å². The number of ether oxygens (including phenoxy) is 1. The lowest BCUT2D eigenvalue weighted by Gasteiger charge is -2.21. The number of nitrogen functional groups attached to an aromatic ring is 1. The Kier molecular flexibility index (Phi) is 5.32. The smallest absolute Gasteiger partial charge is 0.412 e. The molecule has 116 valence electrons. The Labute approximate surface area is 125 Å². The predicted molar refractivity (Wildman–Crippen MR) is 86.1 cm³/mol. The van der Waals surface area contributed by atoms with Gasteiger partial charge >= 0.3 is 6.09 Å². The van der Waals surface area contributed by atoms with Crippen LogP contribution in [0.25, 0.3) is 0 Å². The van der Waals surface area contributed by atoms with E-state index in [1.165, 1.54) is 0 Å². The zero-order valence-electron chi connectivity index (χ0n) is 13.3. The summed E-state index contributed by atoms with van der Waals surface area (Å²) in [5, 5.41) is 10.8. The van der Waals surface area contributed by atoms with E-state index in [1.54, 1.807) is 39.0 Å². The molecule has 0 saturated heterocycles. The van der Waals surface area contributed by atoms with Crippen molar-refractivity contribution in [2.24, 2.45) is 0 Å². The van der Waals surface area contributed by atoms with E-state index >= 15 is 0 Å². The molecule has 6 nitrogen and oxygen atoms in total. The number of carbonyl (C=O) groups is 1. The molecule has 0 aromatic heterocycles. The number of rotatable bonds is 4. The van der Waals surface area contributed by atoms with Crippen LogP contribution in [0.15, 0.2) is 18.2 Å². The molecule has 21 heavy (non-hydrogen) atoms. The fraction of sp³-hybridized carbons (Fsp3) is 0.467. The Morgan fingerprint density at radius 1 is 1.38 bits per heavy atom. The zero-order chi connectivity index (χ0) is 16.2. The number of carbonyl (C=O) groups excluding carboxylic acids is 1. The minimum absolute atomic E-state index is 0.394. The molecule has 1 amide bonds. The lowest BCUT2D eigenvalue weighted by Crippen LogP contribution is -2.28. The van der Waals surface area contributed by atoms with Gasteiger partial charge in [-0.1, -0.05) is 0 Å². The van der Waals surface area contributed by atoms with Gasteiger partial charge in [0, 0.05) is 17.8 Å². The van der Waals surface area contributed by atoms with Crippen molar-refractivity contribution in [3.8, 4) is 0 Å². The summed E-state index contributed by atoms with van der Waals surface area (Å²) in [6, 6.07) is 5.07. The summed E-state index contributed by atoms with van der Waals surface area (Å²) >= 11 is 0. The molecule has 1 aromatic rings. The maximum Gasteiger partial charge on any atom is 0.412 e. The minimum Gasteiger partial charge on any atom is -0.444 e. The van der Waals surface area contributed by atoms with E-state index < -0.39 is 11.7 Å². The van der Waals surface area contributed by atoms with E-state index in [9.17, 15) is 4.79 Å². The third kappa shape index (κ3) is 5.83. The fourth-order valence-electron chi connectivity index (χ4n) is 1.74. The van der Waals surface area contributed by atoms with Crippen molar-refractivity contribution in [2.75, 3.05) is 31.7 Å². The van der Waals surface area contributed by atoms with E-state index in [0.29, 0.717) is 29.2 Å². The van der Waals surface area contributed by atoms with Crippen molar-refractivity contribution in [1.82, 2.24) is 4.90 Å². The lowest BCUT2D eigenvalue weighted by molar-refractivity contribution is 0.0636. The normalized spacial score (nSPS) is 11.3. The molecule has 0 aliphatic rings. The highest BCUT2D eigenvalue weighted by Gasteiger charge is 2.18. The van der Waals surface area contributed by atoms with Gasteiger partial charge in [0.05, 0.1) is 11.4 Å². The van der Waals surface area contributed by atoms with Crippen molar-refractivity contribution >= 4 is 23.2 Å². The fourth-order valence-corrected chi connectivity index (χ4v) is 1.74. The first kappa shape index (κ1) is 17.0. The molecule has 6 heteroatoms. The number of benzene rings is 1. The van der Waals surface area contributed by atoms with Crippen LogP contribution >= 0.6 is 0 Å². The standard InChI is InChI=1S/C15H24N4O2/c1-15(2,3)21-14(20)18-13-8-10(16)6-7-11(13)12(17)9-19(4)5/h6-8,17H,9,16H2,1-5H3,(H,18,20). The predicted octanol–water partition coefficient (Wildman–Crippen LogP) is 2.55. The average Bonchev–Trinajstić information content (AvgIpc) is 2.24. The molecule has 0 fully saturated rings. The van der Waals surface area contributed by atoms with Crippen molar-refractivity contribution in [1.29, 1.82) is 5.41 Å². The van der Waals surface area contributed by atoms with Crippen LogP contribution in [0.4, 0.5) is 16.2 Å². The molecular formula is C15H24N4O2. The Bertz CT molecular complexity index is 533.